The first-order valence-electron chi connectivity index (χ1n) is 11.3. The summed E-state index contributed by atoms with van der Waals surface area (Å²) in [5.41, 5.74) is 2.78. The molecule has 0 aromatic heterocycles. The lowest BCUT2D eigenvalue weighted by Gasteiger charge is -2.25. The maximum absolute atomic E-state index is 13.2. The van der Waals surface area contributed by atoms with Crippen LogP contribution in [0.25, 0.3) is 5.76 Å². The number of para-hydroxylation sites is 1. The highest BCUT2D eigenvalue weighted by Crippen LogP contribution is 2.42. The van der Waals surface area contributed by atoms with Gasteiger partial charge in [-0.1, -0.05) is 91.0 Å². The molecule has 1 unspecified atom stereocenters. The van der Waals surface area contributed by atoms with E-state index >= 15 is 0 Å². The summed E-state index contributed by atoms with van der Waals surface area (Å²) >= 11 is 0. The van der Waals surface area contributed by atoms with Gasteiger partial charge in [0, 0.05) is 11.3 Å². The van der Waals surface area contributed by atoms with Crippen molar-refractivity contribution in [3.63, 3.8) is 0 Å². The standard InChI is InChI=1S/C30H23NO4/c32-28(22-13-6-2-7-14-22)26-27(31(30(34)29(26)33)24-16-8-3-9-17-24)23-15-10-18-25(19-23)35-20-21-11-4-1-5-12-21/h1-19,27,32H,20H2/b28-26-. The molecule has 0 spiro atoms. The fourth-order valence-electron chi connectivity index (χ4n) is 4.27. The number of nitrogens with zero attached hydrogens (tertiary/aromatic N) is 1. The first-order chi connectivity index (χ1) is 17.1. The Morgan fingerprint density at radius 1 is 0.771 bits per heavy atom. The van der Waals surface area contributed by atoms with Crippen LogP contribution in [0.5, 0.6) is 5.75 Å². The summed E-state index contributed by atoms with van der Waals surface area (Å²) in [7, 11) is 0. The van der Waals surface area contributed by atoms with Gasteiger partial charge >= 0.3 is 0 Å². The van der Waals surface area contributed by atoms with E-state index in [1.807, 2.05) is 78.9 Å². The Balaban J connectivity index is 1.59. The Morgan fingerprint density at radius 2 is 1.40 bits per heavy atom. The minimum absolute atomic E-state index is 0.0465. The Kier molecular flexibility index (Phi) is 6.14. The van der Waals surface area contributed by atoms with Crippen LogP contribution in [0.1, 0.15) is 22.7 Å². The van der Waals surface area contributed by atoms with E-state index in [1.54, 1.807) is 36.4 Å². The largest absolute Gasteiger partial charge is 0.507 e. The minimum atomic E-state index is -0.808. The number of hydrogen-bond acceptors (Lipinski definition) is 4. The Bertz CT molecular complexity index is 1380. The van der Waals surface area contributed by atoms with Crippen LogP contribution in [0.4, 0.5) is 5.69 Å². The highest BCUT2D eigenvalue weighted by Gasteiger charge is 2.47. The molecule has 1 heterocycles. The smallest absolute Gasteiger partial charge is 0.300 e. The molecule has 1 aliphatic heterocycles. The minimum Gasteiger partial charge on any atom is -0.507 e. The summed E-state index contributed by atoms with van der Waals surface area (Å²) in [6.45, 7) is 0.382. The highest BCUT2D eigenvalue weighted by molar-refractivity contribution is 6.51. The third-order valence-corrected chi connectivity index (χ3v) is 5.95. The second kappa shape index (κ2) is 9.69. The van der Waals surface area contributed by atoms with E-state index < -0.39 is 17.7 Å². The van der Waals surface area contributed by atoms with Crippen LogP contribution < -0.4 is 9.64 Å². The molecule has 5 nitrogen and oxygen atoms in total. The molecular formula is C30H23NO4. The predicted octanol–water partition coefficient (Wildman–Crippen LogP) is 5.89. The summed E-state index contributed by atoms with van der Waals surface area (Å²) in [4.78, 5) is 27.9. The zero-order valence-electron chi connectivity index (χ0n) is 18.9. The predicted molar refractivity (Wildman–Crippen MR) is 135 cm³/mol. The summed E-state index contributed by atoms with van der Waals surface area (Å²) in [5, 5.41) is 11.2. The average Bonchev–Trinajstić information content (AvgIpc) is 3.19. The van der Waals surface area contributed by atoms with Crippen LogP contribution in [0.3, 0.4) is 0 Å². The first-order valence-corrected chi connectivity index (χ1v) is 11.3. The maximum Gasteiger partial charge on any atom is 0.300 e. The summed E-state index contributed by atoms with van der Waals surface area (Å²) in [6, 6.07) is 34.1. The molecule has 1 amide bonds. The van der Waals surface area contributed by atoms with Gasteiger partial charge in [-0.25, -0.2) is 0 Å². The summed E-state index contributed by atoms with van der Waals surface area (Å²) < 4.78 is 6.00. The average molecular weight is 462 g/mol. The molecule has 0 aliphatic carbocycles. The number of anilines is 1. The van der Waals surface area contributed by atoms with E-state index in [9.17, 15) is 14.7 Å². The molecule has 4 aromatic carbocycles. The van der Waals surface area contributed by atoms with Gasteiger partial charge in [0.25, 0.3) is 11.7 Å². The van der Waals surface area contributed by atoms with Crippen molar-refractivity contribution in [2.24, 2.45) is 0 Å². The maximum atomic E-state index is 13.2. The van der Waals surface area contributed by atoms with Gasteiger partial charge in [0.1, 0.15) is 18.1 Å². The molecule has 5 heteroatoms. The van der Waals surface area contributed by atoms with Gasteiger partial charge in [-0.2, -0.15) is 0 Å². The Labute approximate surface area is 203 Å². The number of aliphatic hydroxyl groups excluding tert-OH is 1. The van der Waals surface area contributed by atoms with Gasteiger partial charge in [0.05, 0.1) is 11.6 Å². The van der Waals surface area contributed by atoms with Gasteiger partial charge < -0.3 is 9.84 Å². The lowest BCUT2D eigenvalue weighted by Crippen LogP contribution is -2.29. The molecule has 35 heavy (non-hydrogen) atoms. The Morgan fingerprint density at radius 3 is 2.09 bits per heavy atom. The van der Waals surface area contributed by atoms with Gasteiger partial charge in [-0.05, 0) is 35.4 Å². The number of benzene rings is 4. The molecule has 172 valence electrons. The first kappa shape index (κ1) is 22.2. The summed E-state index contributed by atoms with van der Waals surface area (Å²) in [6.07, 6.45) is 0. The molecule has 1 aliphatic rings. The van der Waals surface area contributed by atoms with Crippen molar-refractivity contribution in [3.8, 4) is 5.75 Å². The Hall–Kier alpha value is -4.64. The van der Waals surface area contributed by atoms with Crippen LogP contribution >= 0.6 is 0 Å². The number of carbonyl (C=O) groups is 2. The van der Waals surface area contributed by atoms with E-state index in [-0.39, 0.29) is 11.3 Å². The van der Waals surface area contributed by atoms with Crippen LogP contribution in [0.15, 0.2) is 121 Å². The number of rotatable bonds is 6. The van der Waals surface area contributed by atoms with Crippen LogP contribution in [0, 0.1) is 0 Å². The SMILES string of the molecule is O=C1C(=O)N(c2ccccc2)C(c2cccc(OCc3ccccc3)c2)/C1=C(/O)c1ccccc1. The number of amides is 1. The van der Waals surface area contributed by atoms with E-state index in [0.717, 1.165) is 5.56 Å². The van der Waals surface area contributed by atoms with Crippen molar-refractivity contribution in [1.29, 1.82) is 0 Å². The van der Waals surface area contributed by atoms with Crippen molar-refractivity contribution in [3.05, 3.63) is 138 Å². The van der Waals surface area contributed by atoms with E-state index in [1.165, 1.54) is 4.90 Å². The zero-order chi connectivity index (χ0) is 24.2. The fourth-order valence-corrected chi connectivity index (χ4v) is 4.27. The lowest BCUT2D eigenvalue weighted by atomic mass is 9.95. The molecule has 1 atom stereocenters. The third-order valence-electron chi connectivity index (χ3n) is 5.95. The highest BCUT2D eigenvalue weighted by atomic mass is 16.5. The molecule has 4 aromatic rings. The van der Waals surface area contributed by atoms with Crippen molar-refractivity contribution in [2.45, 2.75) is 12.6 Å². The second-order valence-corrected chi connectivity index (χ2v) is 8.22. The van der Waals surface area contributed by atoms with Gasteiger partial charge in [0.15, 0.2) is 0 Å². The normalized spacial score (nSPS) is 16.9. The van der Waals surface area contributed by atoms with Crippen molar-refractivity contribution in [2.75, 3.05) is 4.90 Å². The van der Waals surface area contributed by atoms with Gasteiger partial charge in [-0.3, -0.25) is 14.5 Å². The van der Waals surface area contributed by atoms with Crippen LogP contribution in [0.2, 0.25) is 0 Å². The fraction of sp³-hybridized carbons (Fsp3) is 0.0667. The number of carbonyl (C=O) groups excluding carboxylic acids is 2. The van der Waals surface area contributed by atoms with E-state index in [2.05, 4.69) is 0 Å². The molecular weight excluding hydrogens is 438 g/mol. The van der Waals surface area contributed by atoms with Crippen LogP contribution in [-0.4, -0.2) is 16.8 Å². The number of aliphatic hydroxyl groups is 1. The van der Waals surface area contributed by atoms with Crippen molar-refractivity contribution >= 4 is 23.1 Å². The third kappa shape index (κ3) is 4.44. The van der Waals surface area contributed by atoms with Crippen LogP contribution in [-0.2, 0) is 16.2 Å². The number of Topliss-reactive ketones (excluding diaryl/α,β-unsaturated/α-hetero) is 1. The van der Waals surface area contributed by atoms with Crippen molar-refractivity contribution in [1.82, 2.24) is 0 Å². The van der Waals surface area contributed by atoms with Gasteiger partial charge in [0.2, 0.25) is 0 Å². The van der Waals surface area contributed by atoms with E-state index in [4.69, 9.17) is 4.74 Å². The molecule has 1 saturated heterocycles. The molecule has 5 rings (SSSR count). The van der Waals surface area contributed by atoms with E-state index in [0.29, 0.717) is 29.2 Å². The number of ketones is 1. The quantitative estimate of drug-likeness (QED) is 0.221. The number of hydrogen-bond donors (Lipinski definition) is 1. The molecule has 0 radical (unpaired) electrons. The molecule has 0 saturated carbocycles. The zero-order valence-corrected chi connectivity index (χ0v) is 18.9. The summed E-state index contributed by atoms with van der Waals surface area (Å²) in [5.74, 6) is -1.02. The molecule has 1 N–H and O–H groups in total. The lowest BCUT2D eigenvalue weighted by molar-refractivity contribution is -0.132. The van der Waals surface area contributed by atoms with Gasteiger partial charge in [-0.15, -0.1) is 0 Å². The monoisotopic (exact) mass is 461 g/mol. The molecule has 0 bridgehead atoms. The van der Waals surface area contributed by atoms with Crippen molar-refractivity contribution < 1.29 is 19.4 Å². The molecule has 1 fully saturated rings. The topological polar surface area (TPSA) is 66.8 Å². The number of ether oxygens (including phenoxy) is 1. The second-order valence-electron chi connectivity index (χ2n) is 8.22.